The lowest BCUT2D eigenvalue weighted by molar-refractivity contribution is 0.102. The number of nitrogens with one attached hydrogen (secondary N) is 2. The van der Waals surface area contributed by atoms with Crippen molar-refractivity contribution >= 4 is 29.0 Å². The highest BCUT2D eigenvalue weighted by molar-refractivity contribution is 6.30. The zero-order valence-corrected chi connectivity index (χ0v) is 12.2. The molecule has 1 aromatic heterocycles. The van der Waals surface area contributed by atoms with Gasteiger partial charge in [-0.2, -0.15) is 0 Å². The van der Waals surface area contributed by atoms with Crippen molar-refractivity contribution < 1.29 is 9.18 Å². The van der Waals surface area contributed by atoms with E-state index in [0.717, 1.165) is 13.0 Å². The molecule has 2 N–H and O–H groups in total. The first kappa shape index (κ1) is 15.3. The lowest BCUT2D eigenvalue weighted by atomic mass is 10.2. The zero-order valence-electron chi connectivity index (χ0n) is 11.5. The second kappa shape index (κ2) is 7.04. The van der Waals surface area contributed by atoms with E-state index in [2.05, 4.69) is 15.6 Å². The molecule has 21 heavy (non-hydrogen) atoms. The van der Waals surface area contributed by atoms with Gasteiger partial charge < -0.3 is 10.6 Å². The number of pyridine rings is 1. The molecule has 0 radical (unpaired) electrons. The monoisotopic (exact) mass is 307 g/mol. The number of hydrogen-bond acceptors (Lipinski definition) is 3. The van der Waals surface area contributed by atoms with Gasteiger partial charge in [0, 0.05) is 24.0 Å². The van der Waals surface area contributed by atoms with Crippen molar-refractivity contribution in [1.29, 1.82) is 0 Å². The van der Waals surface area contributed by atoms with Gasteiger partial charge in [-0.3, -0.25) is 4.79 Å². The molecule has 0 unspecified atom stereocenters. The summed E-state index contributed by atoms with van der Waals surface area (Å²) in [6.45, 7) is 2.82. The Labute approximate surface area is 127 Å². The third-order valence-electron chi connectivity index (χ3n) is 2.76. The molecule has 1 heterocycles. The Morgan fingerprint density at radius 2 is 2.14 bits per heavy atom. The fourth-order valence-electron chi connectivity index (χ4n) is 1.70. The van der Waals surface area contributed by atoms with E-state index >= 15 is 0 Å². The maximum Gasteiger partial charge on any atom is 0.255 e. The van der Waals surface area contributed by atoms with Gasteiger partial charge in [-0.1, -0.05) is 18.5 Å². The average Bonchev–Trinajstić information content (AvgIpc) is 2.49. The summed E-state index contributed by atoms with van der Waals surface area (Å²) in [4.78, 5) is 16.2. The van der Waals surface area contributed by atoms with Crippen LogP contribution in [0.25, 0.3) is 0 Å². The molecule has 1 aromatic carbocycles. The number of benzene rings is 1. The van der Waals surface area contributed by atoms with Crippen molar-refractivity contribution in [3.8, 4) is 0 Å². The first-order valence-corrected chi connectivity index (χ1v) is 6.94. The van der Waals surface area contributed by atoms with Crippen LogP contribution >= 0.6 is 11.6 Å². The molecular weight excluding hydrogens is 293 g/mol. The van der Waals surface area contributed by atoms with Crippen LogP contribution in [0.15, 0.2) is 36.5 Å². The number of hydrogen-bond donors (Lipinski definition) is 2. The summed E-state index contributed by atoms with van der Waals surface area (Å²) < 4.78 is 13.3. The summed E-state index contributed by atoms with van der Waals surface area (Å²) in [7, 11) is 0. The first-order chi connectivity index (χ1) is 10.1. The molecule has 0 aliphatic carbocycles. The Kier molecular flexibility index (Phi) is 5.11. The van der Waals surface area contributed by atoms with Crippen molar-refractivity contribution in [2.75, 3.05) is 17.2 Å². The SMILES string of the molecule is CCCNc1cc(C(=O)Nc2ccc(Cl)c(F)c2)ccn1. The lowest BCUT2D eigenvalue weighted by Gasteiger charge is -2.08. The molecule has 0 fully saturated rings. The van der Waals surface area contributed by atoms with E-state index in [1.165, 1.54) is 12.1 Å². The van der Waals surface area contributed by atoms with Crippen LogP contribution in [0.2, 0.25) is 5.02 Å². The lowest BCUT2D eigenvalue weighted by Crippen LogP contribution is -2.13. The number of carbonyl (C=O) groups is 1. The van der Waals surface area contributed by atoms with Gasteiger partial charge in [-0.05, 0) is 36.8 Å². The predicted octanol–water partition coefficient (Wildman–Crippen LogP) is 3.95. The van der Waals surface area contributed by atoms with E-state index in [0.29, 0.717) is 17.1 Å². The van der Waals surface area contributed by atoms with Crippen LogP contribution in [-0.2, 0) is 0 Å². The van der Waals surface area contributed by atoms with Crippen LogP contribution in [0, 0.1) is 5.82 Å². The highest BCUT2D eigenvalue weighted by Gasteiger charge is 2.09. The third-order valence-corrected chi connectivity index (χ3v) is 3.06. The number of halogens is 2. The highest BCUT2D eigenvalue weighted by Crippen LogP contribution is 2.19. The fraction of sp³-hybridized carbons (Fsp3) is 0.200. The van der Waals surface area contributed by atoms with Crippen molar-refractivity contribution in [3.05, 3.63) is 52.9 Å². The standard InChI is InChI=1S/C15H15ClFN3O/c1-2-6-18-14-8-10(5-7-19-14)15(21)20-11-3-4-12(16)13(17)9-11/h3-5,7-9H,2,6H2,1H3,(H,18,19)(H,20,21). The van der Waals surface area contributed by atoms with Gasteiger partial charge in [0.15, 0.2) is 0 Å². The number of carbonyl (C=O) groups excluding carboxylic acids is 1. The Bertz CT molecular complexity index is 649. The van der Waals surface area contributed by atoms with Crippen LogP contribution in [0.1, 0.15) is 23.7 Å². The molecule has 0 atom stereocenters. The number of nitrogens with zero attached hydrogens (tertiary/aromatic N) is 1. The zero-order chi connectivity index (χ0) is 15.2. The highest BCUT2D eigenvalue weighted by atomic mass is 35.5. The Hall–Kier alpha value is -2.14. The molecule has 110 valence electrons. The van der Waals surface area contributed by atoms with Crippen molar-refractivity contribution in [2.24, 2.45) is 0 Å². The van der Waals surface area contributed by atoms with E-state index in [-0.39, 0.29) is 10.9 Å². The van der Waals surface area contributed by atoms with Gasteiger partial charge in [0.1, 0.15) is 11.6 Å². The second-order valence-corrected chi connectivity index (χ2v) is 4.85. The van der Waals surface area contributed by atoms with Crippen LogP contribution in [0.5, 0.6) is 0 Å². The average molecular weight is 308 g/mol. The molecule has 2 rings (SSSR count). The molecule has 0 bridgehead atoms. The van der Waals surface area contributed by atoms with Gasteiger partial charge in [-0.15, -0.1) is 0 Å². The number of rotatable bonds is 5. The molecular formula is C15H15ClFN3O. The smallest absolute Gasteiger partial charge is 0.255 e. The Balaban J connectivity index is 2.10. The van der Waals surface area contributed by atoms with Gasteiger partial charge in [0.05, 0.1) is 5.02 Å². The van der Waals surface area contributed by atoms with E-state index in [1.807, 2.05) is 6.92 Å². The minimum absolute atomic E-state index is 0.0166. The minimum Gasteiger partial charge on any atom is -0.370 e. The predicted molar refractivity (Wildman–Crippen MR) is 82.4 cm³/mol. The van der Waals surface area contributed by atoms with Crippen LogP contribution in [0.4, 0.5) is 15.9 Å². The van der Waals surface area contributed by atoms with E-state index in [9.17, 15) is 9.18 Å². The maximum atomic E-state index is 13.3. The molecule has 4 nitrogen and oxygen atoms in total. The number of amides is 1. The molecule has 0 aliphatic heterocycles. The van der Waals surface area contributed by atoms with E-state index in [1.54, 1.807) is 24.4 Å². The summed E-state index contributed by atoms with van der Waals surface area (Å²) in [5.41, 5.74) is 0.792. The van der Waals surface area contributed by atoms with Crippen LogP contribution < -0.4 is 10.6 Å². The van der Waals surface area contributed by atoms with Crippen LogP contribution in [0.3, 0.4) is 0 Å². The van der Waals surface area contributed by atoms with E-state index < -0.39 is 5.82 Å². The normalized spacial score (nSPS) is 10.2. The second-order valence-electron chi connectivity index (χ2n) is 4.44. The molecule has 0 spiro atoms. The largest absolute Gasteiger partial charge is 0.370 e. The van der Waals surface area contributed by atoms with Crippen LogP contribution in [-0.4, -0.2) is 17.4 Å². The van der Waals surface area contributed by atoms with Gasteiger partial charge in [0.2, 0.25) is 0 Å². The quantitative estimate of drug-likeness (QED) is 0.879. The Morgan fingerprint density at radius 3 is 2.86 bits per heavy atom. The topological polar surface area (TPSA) is 54.0 Å². The molecule has 6 heteroatoms. The van der Waals surface area contributed by atoms with Gasteiger partial charge >= 0.3 is 0 Å². The maximum absolute atomic E-state index is 13.3. The third kappa shape index (κ3) is 4.16. The van der Waals surface area contributed by atoms with Crippen molar-refractivity contribution in [1.82, 2.24) is 4.98 Å². The molecule has 0 saturated carbocycles. The molecule has 1 amide bonds. The van der Waals surface area contributed by atoms with Crippen molar-refractivity contribution in [2.45, 2.75) is 13.3 Å². The Morgan fingerprint density at radius 1 is 1.33 bits per heavy atom. The van der Waals surface area contributed by atoms with E-state index in [4.69, 9.17) is 11.6 Å². The summed E-state index contributed by atoms with van der Waals surface area (Å²) >= 11 is 5.60. The fourth-order valence-corrected chi connectivity index (χ4v) is 1.82. The summed E-state index contributed by atoms with van der Waals surface area (Å²) in [5, 5.41) is 5.73. The number of aromatic nitrogens is 1. The summed E-state index contributed by atoms with van der Waals surface area (Å²) in [6.07, 6.45) is 2.51. The molecule has 0 saturated heterocycles. The summed E-state index contributed by atoms with van der Waals surface area (Å²) in [6, 6.07) is 7.36. The summed E-state index contributed by atoms with van der Waals surface area (Å²) in [5.74, 6) is -0.278. The first-order valence-electron chi connectivity index (χ1n) is 6.56. The molecule has 0 aliphatic rings. The van der Waals surface area contributed by atoms with Gasteiger partial charge in [0.25, 0.3) is 5.91 Å². The number of anilines is 2. The minimum atomic E-state index is -0.575. The van der Waals surface area contributed by atoms with Crippen molar-refractivity contribution in [3.63, 3.8) is 0 Å². The molecule has 2 aromatic rings. The van der Waals surface area contributed by atoms with Gasteiger partial charge in [-0.25, -0.2) is 9.37 Å².